The summed E-state index contributed by atoms with van der Waals surface area (Å²) in [5, 5.41) is 8.40. The summed E-state index contributed by atoms with van der Waals surface area (Å²) in [5.41, 5.74) is 1.57. The molecule has 0 aromatic heterocycles. The summed E-state index contributed by atoms with van der Waals surface area (Å²) in [6.45, 7) is 4.12. The molecular weight excluding hydrogens is 363 g/mol. The Balaban J connectivity index is 1.79. The monoisotopic (exact) mass is 380 g/mol. The Morgan fingerprint density at radius 1 is 1.17 bits per heavy atom. The van der Waals surface area contributed by atoms with Crippen molar-refractivity contribution < 1.29 is 4.74 Å². The van der Waals surface area contributed by atoms with Crippen LogP contribution in [0.25, 0.3) is 0 Å². The van der Waals surface area contributed by atoms with Gasteiger partial charge >= 0.3 is 0 Å². The predicted octanol–water partition coefficient (Wildman–Crippen LogP) is 5.58. The van der Waals surface area contributed by atoms with Crippen LogP contribution in [0, 0.1) is 0 Å². The average Bonchev–Trinajstić information content (AvgIpc) is 2.47. The molecule has 1 aliphatic heterocycles. The Labute approximate surface area is 157 Å². The number of benzene rings is 2. The number of hydrogen-bond acceptors (Lipinski definition) is 2. The van der Waals surface area contributed by atoms with E-state index >= 15 is 0 Å². The van der Waals surface area contributed by atoms with Gasteiger partial charge < -0.3 is 15.4 Å². The van der Waals surface area contributed by atoms with Gasteiger partial charge in [0, 0.05) is 27.7 Å². The molecule has 0 bridgehead atoms. The lowest BCUT2D eigenvalue weighted by molar-refractivity contribution is 0.0697. The van der Waals surface area contributed by atoms with Gasteiger partial charge in [0.2, 0.25) is 0 Å². The quantitative estimate of drug-likeness (QED) is 0.665. The first-order valence-corrected chi connectivity index (χ1v) is 8.80. The van der Waals surface area contributed by atoms with E-state index in [2.05, 4.69) is 24.5 Å². The molecule has 0 saturated heterocycles. The molecule has 0 radical (unpaired) electrons. The number of thiocarbonyl (C=S) groups is 1. The molecule has 2 N–H and O–H groups in total. The van der Waals surface area contributed by atoms with Crippen LogP contribution in [0.4, 0.5) is 5.69 Å². The van der Waals surface area contributed by atoms with Crippen LogP contribution in [0.15, 0.2) is 42.5 Å². The fraction of sp³-hybridized carbons (Fsp3) is 0.278. The van der Waals surface area contributed by atoms with E-state index in [1.165, 1.54) is 0 Å². The van der Waals surface area contributed by atoms with Gasteiger partial charge in [-0.25, -0.2) is 0 Å². The highest BCUT2D eigenvalue weighted by atomic mass is 35.5. The number of hydrogen-bond donors (Lipinski definition) is 2. The second kappa shape index (κ2) is 6.79. The molecule has 3 rings (SSSR count). The van der Waals surface area contributed by atoms with E-state index in [-0.39, 0.29) is 11.6 Å². The van der Waals surface area contributed by atoms with Gasteiger partial charge in [0.1, 0.15) is 11.4 Å². The standard InChI is InChI=1S/C18H18Cl2N2OS/c1-18(2)10-15(14-9-12(20)6-7-16(14)23-18)22-17(24)21-13-5-3-4-11(19)8-13/h3-9,15H,10H2,1-2H3,(H2,21,22,24)/t15-/m1/s1. The van der Waals surface area contributed by atoms with Crippen molar-refractivity contribution >= 4 is 46.2 Å². The van der Waals surface area contributed by atoms with Crippen molar-refractivity contribution in [3.63, 3.8) is 0 Å². The van der Waals surface area contributed by atoms with E-state index < -0.39 is 0 Å². The lowest BCUT2D eigenvalue weighted by atomic mass is 9.90. The van der Waals surface area contributed by atoms with Crippen LogP contribution < -0.4 is 15.4 Å². The molecule has 0 saturated carbocycles. The van der Waals surface area contributed by atoms with E-state index in [0.717, 1.165) is 23.4 Å². The van der Waals surface area contributed by atoms with E-state index in [9.17, 15) is 0 Å². The molecule has 1 aliphatic rings. The summed E-state index contributed by atoms with van der Waals surface area (Å²) < 4.78 is 6.04. The lowest BCUT2D eigenvalue weighted by Gasteiger charge is -2.38. The normalized spacial score (nSPS) is 18.2. The molecule has 0 fully saturated rings. The predicted molar refractivity (Wildman–Crippen MR) is 104 cm³/mol. The molecule has 1 atom stereocenters. The minimum Gasteiger partial charge on any atom is -0.487 e. The van der Waals surface area contributed by atoms with Gasteiger partial charge in [-0.15, -0.1) is 0 Å². The molecule has 0 spiro atoms. The second-order valence-corrected chi connectivity index (χ2v) is 7.69. The summed E-state index contributed by atoms with van der Waals surface area (Å²) >= 11 is 17.6. The number of nitrogens with one attached hydrogen (secondary N) is 2. The third-order valence-corrected chi connectivity index (χ3v) is 4.51. The molecule has 126 valence electrons. The van der Waals surface area contributed by atoms with Crippen molar-refractivity contribution in [2.24, 2.45) is 0 Å². The van der Waals surface area contributed by atoms with Crippen molar-refractivity contribution in [2.45, 2.75) is 31.9 Å². The van der Waals surface area contributed by atoms with Crippen LogP contribution in [0.5, 0.6) is 5.75 Å². The van der Waals surface area contributed by atoms with Gasteiger partial charge in [-0.05, 0) is 62.5 Å². The number of anilines is 1. The summed E-state index contributed by atoms with van der Waals surface area (Å²) in [4.78, 5) is 0. The van der Waals surface area contributed by atoms with E-state index in [0.29, 0.717) is 15.2 Å². The summed E-state index contributed by atoms with van der Waals surface area (Å²) in [7, 11) is 0. The first-order chi connectivity index (χ1) is 11.3. The van der Waals surface area contributed by atoms with E-state index in [1.807, 2.05) is 42.5 Å². The molecule has 3 nitrogen and oxygen atoms in total. The van der Waals surface area contributed by atoms with Gasteiger partial charge in [-0.3, -0.25) is 0 Å². The van der Waals surface area contributed by atoms with Crippen LogP contribution in [0.1, 0.15) is 31.9 Å². The third kappa shape index (κ3) is 4.12. The Morgan fingerprint density at radius 2 is 1.92 bits per heavy atom. The topological polar surface area (TPSA) is 33.3 Å². The van der Waals surface area contributed by atoms with Gasteiger partial charge in [-0.1, -0.05) is 29.3 Å². The first kappa shape index (κ1) is 17.3. The highest BCUT2D eigenvalue weighted by molar-refractivity contribution is 7.80. The largest absolute Gasteiger partial charge is 0.487 e. The molecule has 0 unspecified atom stereocenters. The average molecular weight is 381 g/mol. The van der Waals surface area contributed by atoms with Crippen molar-refractivity contribution in [1.82, 2.24) is 5.32 Å². The molecular formula is C18H18Cl2N2OS. The molecule has 2 aromatic rings. The van der Waals surface area contributed by atoms with Crippen LogP contribution in [0.3, 0.4) is 0 Å². The number of halogens is 2. The number of ether oxygens (including phenoxy) is 1. The van der Waals surface area contributed by atoms with Crippen LogP contribution >= 0.6 is 35.4 Å². The van der Waals surface area contributed by atoms with Gasteiger partial charge in [-0.2, -0.15) is 0 Å². The SMILES string of the molecule is CC1(C)C[C@@H](NC(=S)Nc2cccc(Cl)c2)c2cc(Cl)ccc2O1. The summed E-state index contributed by atoms with van der Waals surface area (Å²) in [6, 6.07) is 13.1. The minimum atomic E-state index is -0.288. The maximum atomic E-state index is 6.15. The molecule has 1 heterocycles. The van der Waals surface area contributed by atoms with Gasteiger partial charge in [0.15, 0.2) is 5.11 Å². The van der Waals surface area contributed by atoms with Gasteiger partial charge in [0.25, 0.3) is 0 Å². The van der Waals surface area contributed by atoms with Crippen molar-refractivity contribution in [2.75, 3.05) is 5.32 Å². The zero-order valence-corrected chi connectivity index (χ0v) is 15.7. The Bertz CT molecular complexity index is 779. The molecule has 24 heavy (non-hydrogen) atoms. The van der Waals surface area contributed by atoms with E-state index in [1.54, 1.807) is 0 Å². The zero-order chi connectivity index (χ0) is 17.3. The highest BCUT2D eigenvalue weighted by Crippen LogP contribution is 2.40. The molecule has 0 aliphatic carbocycles. The fourth-order valence-corrected chi connectivity index (χ4v) is 3.48. The maximum absolute atomic E-state index is 6.15. The fourth-order valence-electron chi connectivity index (χ4n) is 2.85. The third-order valence-electron chi connectivity index (χ3n) is 3.82. The van der Waals surface area contributed by atoms with E-state index in [4.69, 9.17) is 40.2 Å². The summed E-state index contributed by atoms with van der Waals surface area (Å²) in [6.07, 6.45) is 0.776. The lowest BCUT2D eigenvalue weighted by Crippen LogP contribution is -2.42. The smallest absolute Gasteiger partial charge is 0.171 e. The second-order valence-electron chi connectivity index (χ2n) is 6.41. The first-order valence-electron chi connectivity index (χ1n) is 7.64. The van der Waals surface area contributed by atoms with Crippen molar-refractivity contribution in [3.05, 3.63) is 58.1 Å². The van der Waals surface area contributed by atoms with Crippen molar-refractivity contribution in [3.8, 4) is 5.75 Å². The Kier molecular flexibility index (Phi) is 4.90. The number of fused-ring (bicyclic) bond motifs is 1. The Morgan fingerprint density at radius 3 is 2.67 bits per heavy atom. The zero-order valence-electron chi connectivity index (χ0n) is 13.4. The Hall–Kier alpha value is -1.49. The van der Waals surface area contributed by atoms with Crippen LogP contribution in [0.2, 0.25) is 10.0 Å². The van der Waals surface area contributed by atoms with Crippen molar-refractivity contribution in [1.29, 1.82) is 0 Å². The molecule has 2 aromatic carbocycles. The molecule has 0 amide bonds. The number of rotatable bonds is 2. The highest BCUT2D eigenvalue weighted by Gasteiger charge is 2.34. The summed E-state index contributed by atoms with van der Waals surface area (Å²) in [5.74, 6) is 0.832. The molecule has 6 heteroatoms. The van der Waals surface area contributed by atoms with Crippen LogP contribution in [-0.2, 0) is 0 Å². The van der Waals surface area contributed by atoms with Gasteiger partial charge in [0.05, 0.1) is 6.04 Å². The van der Waals surface area contributed by atoms with Crippen LogP contribution in [-0.4, -0.2) is 10.7 Å². The minimum absolute atomic E-state index is 0.0154. The maximum Gasteiger partial charge on any atom is 0.171 e.